The number of nitrogens with zero attached hydrogens (tertiary/aromatic N) is 2. The number of hydrogen-bond donors (Lipinski definition) is 0. The Balaban J connectivity index is 1.43. The molecule has 1 amide bonds. The van der Waals surface area contributed by atoms with E-state index in [0.717, 1.165) is 25.6 Å². The van der Waals surface area contributed by atoms with E-state index in [1.807, 2.05) is 11.3 Å². The molecular formula is C19H28N2OS. The van der Waals surface area contributed by atoms with Gasteiger partial charge in [0.1, 0.15) is 0 Å². The maximum atomic E-state index is 12.5. The van der Waals surface area contributed by atoms with Crippen LogP contribution in [-0.4, -0.2) is 40.9 Å². The van der Waals surface area contributed by atoms with E-state index in [0.29, 0.717) is 11.9 Å². The number of hydrogen-bond acceptors (Lipinski definition) is 3. The Morgan fingerprint density at radius 1 is 1.13 bits per heavy atom. The van der Waals surface area contributed by atoms with Crippen molar-refractivity contribution in [1.82, 2.24) is 9.80 Å². The van der Waals surface area contributed by atoms with Gasteiger partial charge in [-0.2, -0.15) is 0 Å². The van der Waals surface area contributed by atoms with Crippen LogP contribution in [0.2, 0.25) is 0 Å². The minimum Gasteiger partial charge on any atom is -0.337 e. The third-order valence-electron chi connectivity index (χ3n) is 6.06. The highest BCUT2D eigenvalue weighted by Gasteiger charge is 2.40. The number of piperazine rings is 1. The van der Waals surface area contributed by atoms with E-state index in [9.17, 15) is 4.79 Å². The Morgan fingerprint density at radius 3 is 2.78 bits per heavy atom. The van der Waals surface area contributed by atoms with E-state index in [2.05, 4.69) is 28.9 Å². The lowest BCUT2D eigenvalue weighted by Gasteiger charge is -2.41. The fourth-order valence-electron chi connectivity index (χ4n) is 4.63. The predicted octanol–water partition coefficient (Wildman–Crippen LogP) is 3.99. The van der Waals surface area contributed by atoms with Gasteiger partial charge in [-0.1, -0.05) is 19.3 Å². The van der Waals surface area contributed by atoms with Gasteiger partial charge in [-0.25, -0.2) is 0 Å². The number of thiophene rings is 1. The molecule has 3 aliphatic rings. The highest BCUT2D eigenvalue weighted by atomic mass is 32.1. The summed E-state index contributed by atoms with van der Waals surface area (Å²) in [7, 11) is 0. The Labute approximate surface area is 143 Å². The summed E-state index contributed by atoms with van der Waals surface area (Å²) in [6.07, 6.45) is 9.32. The first-order valence-corrected chi connectivity index (χ1v) is 10.2. The van der Waals surface area contributed by atoms with E-state index in [4.69, 9.17) is 0 Å². The summed E-state index contributed by atoms with van der Waals surface area (Å²) in [6, 6.07) is 5.18. The number of amides is 1. The monoisotopic (exact) mass is 332 g/mol. The number of carbonyl (C=O) groups excluding carboxylic acids is 1. The molecule has 4 rings (SSSR count). The molecule has 0 N–H and O–H groups in total. The van der Waals surface area contributed by atoms with Crippen molar-refractivity contribution < 1.29 is 4.79 Å². The number of rotatable bonds is 3. The summed E-state index contributed by atoms with van der Waals surface area (Å²) in [5.74, 6) is 1.15. The van der Waals surface area contributed by atoms with Gasteiger partial charge in [0.25, 0.3) is 0 Å². The summed E-state index contributed by atoms with van der Waals surface area (Å²) in [4.78, 5) is 20.1. The van der Waals surface area contributed by atoms with Crippen LogP contribution in [0.5, 0.6) is 0 Å². The van der Waals surface area contributed by atoms with Gasteiger partial charge in [-0.3, -0.25) is 9.69 Å². The molecule has 1 aromatic rings. The molecule has 0 aromatic carbocycles. The second-order valence-electron chi connectivity index (χ2n) is 7.57. The minimum atomic E-state index is 0.0459. The molecule has 0 spiro atoms. The maximum absolute atomic E-state index is 12.5. The number of carbonyl (C=O) groups is 1. The summed E-state index contributed by atoms with van der Waals surface area (Å²) in [5.41, 5.74) is 0. The Bertz CT molecular complexity index is 563. The molecule has 1 aromatic heterocycles. The van der Waals surface area contributed by atoms with Crippen LogP contribution in [0, 0.1) is 0 Å². The van der Waals surface area contributed by atoms with Gasteiger partial charge in [0, 0.05) is 35.4 Å². The molecule has 2 atom stereocenters. The first kappa shape index (κ1) is 15.6. The topological polar surface area (TPSA) is 23.6 Å². The summed E-state index contributed by atoms with van der Waals surface area (Å²) in [5, 5.41) is 0. The normalized spacial score (nSPS) is 30.0. The molecule has 2 saturated heterocycles. The molecule has 1 aliphatic carbocycles. The van der Waals surface area contributed by atoms with Crippen molar-refractivity contribution in [3.8, 4) is 0 Å². The molecule has 0 bridgehead atoms. The predicted molar refractivity (Wildman–Crippen MR) is 94.8 cm³/mol. The largest absolute Gasteiger partial charge is 0.337 e. The van der Waals surface area contributed by atoms with E-state index >= 15 is 0 Å². The van der Waals surface area contributed by atoms with Crippen molar-refractivity contribution in [3.63, 3.8) is 0 Å². The average molecular weight is 333 g/mol. The van der Waals surface area contributed by atoms with E-state index in [-0.39, 0.29) is 6.04 Å². The van der Waals surface area contributed by atoms with Crippen LogP contribution >= 0.6 is 11.3 Å². The van der Waals surface area contributed by atoms with Gasteiger partial charge in [0.15, 0.2) is 0 Å². The van der Waals surface area contributed by atoms with Gasteiger partial charge < -0.3 is 4.90 Å². The molecule has 0 unspecified atom stereocenters. The first-order chi connectivity index (χ1) is 11.2. The molecule has 2 aliphatic heterocycles. The smallest absolute Gasteiger partial charge is 0.239 e. The molecule has 0 radical (unpaired) electrons. The summed E-state index contributed by atoms with van der Waals surface area (Å²) < 4.78 is 0. The van der Waals surface area contributed by atoms with Crippen molar-refractivity contribution in [1.29, 1.82) is 0 Å². The lowest BCUT2D eigenvalue weighted by Crippen LogP contribution is -2.58. The number of fused-ring (bicyclic) bond motifs is 1. The van der Waals surface area contributed by atoms with E-state index in [1.54, 1.807) is 4.88 Å². The lowest BCUT2D eigenvalue weighted by molar-refractivity contribution is -0.143. The second-order valence-corrected chi connectivity index (χ2v) is 8.77. The molecule has 3 fully saturated rings. The van der Waals surface area contributed by atoms with Crippen LogP contribution < -0.4 is 0 Å². The molecule has 3 nitrogen and oxygen atoms in total. The van der Waals surface area contributed by atoms with Gasteiger partial charge in [0.05, 0.1) is 6.04 Å². The molecule has 23 heavy (non-hydrogen) atoms. The third-order valence-corrected chi connectivity index (χ3v) is 7.29. The van der Waals surface area contributed by atoms with Crippen LogP contribution in [-0.2, 0) is 11.3 Å². The molecule has 3 heterocycles. The van der Waals surface area contributed by atoms with Crippen molar-refractivity contribution in [2.75, 3.05) is 13.1 Å². The van der Waals surface area contributed by atoms with Gasteiger partial charge in [-0.15, -0.1) is 11.3 Å². The molecule has 126 valence electrons. The zero-order valence-corrected chi connectivity index (χ0v) is 15.0. The fourth-order valence-corrected chi connectivity index (χ4v) is 5.84. The van der Waals surface area contributed by atoms with Gasteiger partial charge >= 0.3 is 0 Å². The highest BCUT2D eigenvalue weighted by molar-refractivity contribution is 7.12. The van der Waals surface area contributed by atoms with Crippen LogP contribution in [0.3, 0.4) is 0 Å². The summed E-state index contributed by atoms with van der Waals surface area (Å²) in [6.45, 7) is 5.08. The molecular weight excluding hydrogens is 304 g/mol. The standard InChI is InChI=1S/C19H28N2OS/c1-14-19(22)21-11-5-8-16(21)12-20(14)13-17-9-10-18(23-17)15-6-3-2-4-7-15/h9-10,14-16H,2-8,11-13H2,1H3/t14-,16-/m1/s1. The Hall–Kier alpha value is -0.870. The Morgan fingerprint density at radius 2 is 1.96 bits per heavy atom. The minimum absolute atomic E-state index is 0.0459. The molecule has 4 heteroatoms. The second kappa shape index (κ2) is 6.56. The van der Waals surface area contributed by atoms with Gasteiger partial charge in [-0.05, 0) is 50.7 Å². The van der Waals surface area contributed by atoms with Crippen LogP contribution in [0.25, 0.3) is 0 Å². The van der Waals surface area contributed by atoms with Crippen LogP contribution in [0.15, 0.2) is 12.1 Å². The van der Waals surface area contributed by atoms with Crippen molar-refractivity contribution in [2.24, 2.45) is 0 Å². The van der Waals surface area contributed by atoms with Gasteiger partial charge in [0.2, 0.25) is 5.91 Å². The zero-order chi connectivity index (χ0) is 15.8. The van der Waals surface area contributed by atoms with Crippen LogP contribution in [0.1, 0.15) is 67.5 Å². The fraction of sp³-hybridized carbons (Fsp3) is 0.737. The van der Waals surface area contributed by atoms with Crippen molar-refractivity contribution in [2.45, 2.75) is 76.4 Å². The SMILES string of the molecule is C[C@@H]1C(=O)N2CCC[C@@H]2CN1Cc1ccc(C2CCCCC2)s1. The Kier molecular flexibility index (Phi) is 4.46. The average Bonchev–Trinajstić information content (AvgIpc) is 3.22. The summed E-state index contributed by atoms with van der Waals surface area (Å²) >= 11 is 1.99. The quantitative estimate of drug-likeness (QED) is 0.835. The van der Waals surface area contributed by atoms with E-state index in [1.165, 1.54) is 49.8 Å². The highest BCUT2D eigenvalue weighted by Crippen LogP contribution is 2.37. The first-order valence-electron chi connectivity index (χ1n) is 9.35. The van der Waals surface area contributed by atoms with Crippen molar-refractivity contribution >= 4 is 17.2 Å². The van der Waals surface area contributed by atoms with Crippen molar-refractivity contribution in [3.05, 3.63) is 21.9 Å². The molecule has 1 saturated carbocycles. The lowest BCUT2D eigenvalue weighted by atomic mass is 9.88. The van der Waals surface area contributed by atoms with E-state index < -0.39 is 0 Å². The third kappa shape index (κ3) is 3.08. The zero-order valence-electron chi connectivity index (χ0n) is 14.2. The maximum Gasteiger partial charge on any atom is 0.239 e. The van der Waals surface area contributed by atoms with Crippen LogP contribution in [0.4, 0.5) is 0 Å².